The highest BCUT2D eigenvalue weighted by Gasteiger charge is 2.28. The van der Waals surface area contributed by atoms with E-state index in [1.54, 1.807) is 22.5 Å². The van der Waals surface area contributed by atoms with Gasteiger partial charge in [0.05, 0.1) is 21.7 Å². The smallest absolute Gasteiger partial charge is 0.346 e. The summed E-state index contributed by atoms with van der Waals surface area (Å²) in [5.41, 5.74) is 2.18. The zero-order chi connectivity index (χ0) is 20.5. The lowest BCUT2D eigenvalue weighted by Gasteiger charge is -2.22. The third-order valence-corrected chi connectivity index (χ3v) is 6.00. The molecule has 6 heteroatoms. The van der Waals surface area contributed by atoms with Gasteiger partial charge in [-0.05, 0) is 74.8 Å². The van der Waals surface area contributed by atoms with E-state index < -0.39 is 5.97 Å². The van der Waals surface area contributed by atoms with Crippen molar-refractivity contribution < 1.29 is 9.53 Å². The molecule has 0 saturated heterocycles. The van der Waals surface area contributed by atoms with E-state index in [0.717, 1.165) is 15.5 Å². The summed E-state index contributed by atoms with van der Waals surface area (Å²) in [6, 6.07) is 15.5. The molecule has 146 valence electrons. The van der Waals surface area contributed by atoms with Crippen LogP contribution in [0.4, 0.5) is 0 Å². The molecule has 4 nitrogen and oxygen atoms in total. The number of hydrogen-bond donors (Lipinski definition) is 0. The van der Waals surface area contributed by atoms with Crippen LogP contribution in [-0.4, -0.2) is 15.7 Å². The Labute approximate surface area is 178 Å². The summed E-state index contributed by atoms with van der Waals surface area (Å²) in [5, 5.41) is 4.67. The molecular weight excluding hydrogens is 436 g/mol. The van der Waals surface area contributed by atoms with Gasteiger partial charge in [-0.15, -0.1) is 0 Å². The number of hydrogen-bond acceptors (Lipinski definition) is 4. The second-order valence-electron chi connectivity index (χ2n) is 7.59. The Hall–Kier alpha value is -2.05. The number of aromatic nitrogens is 2. The monoisotopic (exact) mass is 458 g/mol. The van der Waals surface area contributed by atoms with E-state index in [2.05, 4.69) is 52.2 Å². The van der Waals surface area contributed by atoms with Gasteiger partial charge in [-0.25, -0.2) is 9.48 Å². The first-order valence-corrected chi connectivity index (χ1v) is 10.6. The predicted molar refractivity (Wildman–Crippen MR) is 116 cm³/mol. The highest BCUT2D eigenvalue weighted by Crippen LogP contribution is 2.40. The number of nitrogens with zero attached hydrogens (tertiary/aromatic N) is 2. The molecule has 3 rings (SSSR count). The fourth-order valence-corrected chi connectivity index (χ4v) is 4.01. The van der Waals surface area contributed by atoms with Crippen LogP contribution in [0, 0.1) is 13.8 Å². The van der Waals surface area contributed by atoms with Crippen molar-refractivity contribution in [2.75, 3.05) is 0 Å². The van der Waals surface area contributed by atoms with Crippen LogP contribution < -0.4 is 4.74 Å². The second-order valence-corrected chi connectivity index (χ2v) is 9.52. The summed E-state index contributed by atoms with van der Waals surface area (Å²) in [6.07, 6.45) is 0. The SMILES string of the molecule is Cc1ccc(Sc2c(C)nn(C(C)(C)C)c2OC(=O)c2ccccc2Br)cc1. The van der Waals surface area contributed by atoms with Gasteiger partial charge in [0.2, 0.25) is 5.88 Å². The number of rotatable bonds is 4. The number of carbonyl (C=O) groups is 1. The summed E-state index contributed by atoms with van der Waals surface area (Å²) < 4.78 is 8.38. The maximum atomic E-state index is 12.9. The van der Waals surface area contributed by atoms with E-state index in [-0.39, 0.29) is 5.54 Å². The van der Waals surface area contributed by atoms with Crippen LogP contribution in [0.5, 0.6) is 5.88 Å². The van der Waals surface area contributed by atoms with Crippen molar-refractivity contribution in [2.45, 2.75) is 49.9 Å². The quantitative estimate of drug-likeness (QED) is 0.424. The van der Waals surface area contributed by atoms with Crippen molar-refractivity contribution >= 4 is 33.7 Å². The van der Waals surface area contributed by atoms with Crippen molar-refractivity contribution in [1.29, 1.82) is 0 Å². The highest BCUT2D eigenvalue weighted by atomic mass is 79.9. The van der Waals surface area contributed by atoms with E-state index >= 15 is 0 Å². The van der Waals surface area contributed by atoms with Gasteiger partial charge in [0.25, 0.3) is 0 Å². The van der Waals surface area contributed by atoms with Gasteiger partial charge in [0.15, 0.2) is 0 Å². The van der Waals surface area contributed by atoms with Crippen LogP contribution in [0.3, 0.4) is 0 Å². The van der Waals surface area contributed by atoms with Crippen molar-refractivity contribution in [2.24, 2.45) is 0 Å². The lowest BCUT2D eigenvalue weighted by molar-refractivity contribution is 0.0703. The zero-order valence-corrected chi connectivity index (χ0v) is 19.0. The first-order chi connectivity index (χ1) is 13.2. The number of carbonyl (C=O) groups excluding carboxylic acids is 1. The minimum Gasteiger partial charge on any atom is -0.403 e. The number of halogens is 1. The normalized spacial score (nSPS) is 11.5. The molecule has 0 N–H and O–H groups in total. The molecule has 0 atom stereocenters. The maximum Gasteiger partial charge on any atom is 0.346 e. The van der Waals surface area contributed by atoms with Crippen molar-refractivity contribution in [3.8, 4) is 5.88 Å². The van der Waals surface area contributed by atoms with Crippen LogP contribution in [0.2, 0.25) is 0 Å². The minimum absolute atomic E-state index is 0.333. The van der Waals surface area contributed by atoms with E-state index in [4.69, 9.17) is 4.74 Å². The molecule has 0 bridgehead atoms. The van der Waals surface area contributed by atoms with Gasteiger partial charge >= 0.3 is 5.97 Å². The molecular formula is C22H23BrN2O2S. The Balaban J connectivity index is 2.03. The van der Waals surface area contributed by atoms with Gasteiger partial charge < -0.3 is 4.74 Å². The van der Waals surface area contributed by atoms with Gasteiger partial charge in [-0.3, -0.25) is 0 Å². The molecule has 3 aromatic rings. The fourth-order valence-electron chi connectivity index (χ4n) is 2.65. The molecule has 28 heavy (non-hydrogen) atoms. The number of benzene rings is 2. The lowest BCUT2D eigenvalue weighted by Crippen LogP contribution is -2.25. The average molecular weight is 459 g/mol. The Bertz CT molecular complexity index is 1000. The van der Waals surface area contributed by atoms with E-state index in [9.17, 15) is 4.79 Å². The standard InChI is InChI=1S/C22H23BrN2O2S/c1-14-10-12-16(13-11-14)28-19-15(2)24-25(22(3,4)5)20(19)27-21(26)17-8-6-7-9-18(17)23/h6-13H,1-5H3. The first kappa shape index (κ1) is 20.7. The zero-order valence-electron chi connectivity index (χ0n) is 16.6. The van der Waals surface area contributed by atoms with Gasteiger partial charge in [-0.1, -0.05) is 41.6 Å². The molecule has 0 spiro atoms. The molecule has 0 fully saturated rings. The van der Waals surface area contributed by atoms with Crippen LogP contribution in [0.1, 0.15) is 42.4 Å². The largest absolute Gasteiger partial charge is 0.403 e. The average Bonchev–Trinajstić information content (AvgIpc) is 2.93. The van der Waals surface area contributed by atoms with E-state index in [1.807, 2.05) is 45.9 Å². The summed E-state index contributed by atoms with van der Waals surface area (Å²) in [5.74, 6) is 0.0555. The molecule has 0 aliphatic carbocycles. The van der Waals surface area contributed by atoms with Crippen LogP contribution >= 0.6 is 27.7 Å². The number of ether oxygens (including phenoxy) is 1. The summed E-state index contributed by atoms with van der Waals surface area (Å²) in [4.78, 5) is 14.8. The first-order valence-electron chi connectivity index (χ1n) is 8.98. The molecule has 0 aliphatic heterocycles. The number of esters is 1. The Kier molecular flexibility index (Phi) is 6.01. The molecule has 0 unspecified atom stereocenters. The molecule has 0 aliphatic rings. The van der Waals surface area contributed by atoms with Gasteiger partial charge in [-0.2, -0.15) is 5.10 Å². The highest BCUT2D eigenvalue weighted by molar-refractivity contribution is 9.10. The Morgan fingerprint density at radius 2 is 1.71 bits per heavy atom. The fraction of sp³-hybridized carbons (Fsp3) is 0.273. The molecule has 0 radical (unpaired) electrons. The third-order valence-electron chi connectivity index (χ3n) is 4.12. The molecule has 0 amide bonds. The molecule has 2 aromatic carbocycles. The van der Waals surface area contributed by atoms with E-state index in [1.165, 1.54) is 5.56 Å². The minimum atomic E-state index is -0.413. The number of aryl methyl sites for hydroxylation is 2. The molecule has 0 saturated carbocycles. The van der Waals surface area contributed by atoms with Crippen molar-refractivity contribution in [3.05, 3.63) is 69.8 Å². The maximum absolute atomic E-state index is 12.9. The van der Waals surface area contributed by atoms with Crippen LogP contribution in [0.15, 0.2) is 62.8 Å². The van der Waals surface area contributed by atoms with Crippen LogP contribution in [-0.2, 0) is 5.54 Å². The topological polar surface area (TPSA) is 44.1 Å². The van der Waals surface area contributed by atoms with Crippen molar-refractivity contribution in [1.82, 2.24) is 9.78 Å². The Morgan fingerprint density at radius 3 is 2.32 bits per heavy atom. The van der Waals surface area contributed by atoms with Gasteiger partial charge in [0, 0.05) is 9.37 Å². The summed E-state index contributed by atoms with van der Waals surface area (Å²) >= 11 is 4.98. The van der Waals surface area contributed by atoms with Gasteiger partial charge in [0.1, 0.15) is 0 Å². The lowest BCUT2D eigenvalue weighted by atomic mass is 10.1. The summed E-state index contributed by atoms with van der Waals surface area (Å²) in [6.45, 7) is 10.1. The predicted octanol–water partition coefficient (Wildman–Crippen LogP) is 6.39. The van der Waals surface area contributed by atoms with Crippen LogP contribution in [0.25, 0.3) is 0 Å². The molecule has 1 heterocycles. The summed E-state index contributed by atoms with van der Waals surface area (Å²) in [7, 11) is 0. The van der Waals surface area contributed by atoms with Crippen molar-refractivity contribution in [3.63, 3.8) is 0 Å². The Morgan fingerprint density at radius 1 is 1.07 bits per heavy atom. The van der Waals surface area contributed by atoms with E-state index in [0.29, 0.717) is 15.9 Å². The third kappa shape index (κ3) is 4.50. The molecule has 1 aromatic heterocycles. The second kappa shape index (κ2) is 8.13.